The number of ether oxygens (including phenoxy) is 1. The lowest BCUT2D eigenvalue weighted by atomic mass is 9.85. The van der Waals surface area contributed by atoms with E-state index in [0.29, 0.717) is 12.1 Å². The van der Waals surface area contributed by atoms with E-state index in [2.05, 4.69) is 138 Å². The minimum absolute atomic E-state index is 0.0232. The molecule has 0 N–H and O–H groups in total. The van der Waals surface area contributed by atoms with Crippen molar-refractivity contribution in [3.63, 3.8) is 0 Å². The van der Waals surface area contributed by atoms with E-state index in [1.165, 1.54) is 49.7 Å². The minimum atomic E-state index is -2.23. The van der Waals surface area contributed by atoms with Crippen molar-refractivity contribution in [2.75, 3.05) is 6.61 Å². The Morgan fingerprint density at radius 3 is 1.68 bits per heavy atom. The molecule has 0 radical (unpaired) electrons. The number of rotatable bonds is 6. The summed E-state index contributed by atoms with van der Waals surface area (Å²) >= 11 is 0. The Kier molecular flexibility index (Phi) is 7.86. The van der Waals surface area contributed by atoms with Crippen LogP contribution in [0.15, 0.2) is 61.2 Å². The summed E-state index contributed by atoms with van der Waals surface area (Å²) in [4.78, 5) is 0. The van der Waals surface area contributed by atoms with Crippen molar-refractivity contribution in [3.05, 3.63) is 94.6 Å². The van der Waals surface area contributed by atoms with Crippen LogP contribution in [0.25, 0.3) is 11.1 Å². The second kappa shape index (κ2) is 10.4. The van der Waals surface area contributed by atoms with E-state index < -0.39 is 8.07 Å². The van der Waals surface area contributed by atoms with Crippen LogP contribution in [0.4, 0.5) is 0 Å². The van der Waals surface area contributed by atoms with Gasteiger partial charge in [0, 0.05) is 5.54 Å². The van der Waals surface area contributed by atoms with Gasteiger partial charge < -0.3 is 4.74 Å². The maximum atomic E-state index is 6.66. The highest BCUT2D eigenvalue weighted by molar-refractivity contribution is 6.93. The monoisotopic (exact) mass is 552 g/mol. The quantitative estimate of drug-likeness (QED) is 0.218. The van der Waals surface area contributed by atoms with Crippen LogP contribution in [-0.4, -0.2) is 14.7 Å². The fraction of sp³-hybridized carbons (Fsp3) is 0.474. The van der Waals surface area contributed by atoms with Gasteiger partial charge in [-0.15, -0.1) is 0 Å². The van der Waals surface area contributed by atoms with Gasteiger partial charge in [0.05, 0.1) is 0 Å². The van der Waals surface area contributed by atoms with Crippen LogP contribution in [0, 0.1) is 6.92 Å². The lowest BCUT2D eigenvalue weighted by molar-refractivity contribution is 0.353. The molecule has 214 valence electrons. The molecule has 40 heavy (non-hydrogen) atoms. The van der Waals surface area contributed by atoms with Gasteiger partial charge in [-0.2, -0.15) is 0 Å². The number of fused-ring (bicyclic) bond motifs is 3. The summed E-state index contributed by atoms with van der Waals surface area (Å²) in [5, 5.41) is 1.45. The van der Waals surface area contributed by atoms with E-state index in [4.69, 9.17) is 4.74 Å². The number of benzene rings is 3. The SMILES string of the molecule is C=CCOc1c(C(C)(C)C)cc(C)cc1[Si](C)(CC)C1c2cc(C(C)(C)C)ccc2-c2ccc(C(C)(C)C)cc21. The van der Waals surface area contributed by atoms with Crippen molar-refractivity contribution in [1.82, 2.24) is 0 Å². The van der Waals surface area contributed by atoms with E-state index in [1.54, 1.807) is 0 Å². The van der Waals surface area contributed by atoms with Gasteiger partial charge in [0.1, 0.15) is 20.4 Å². The molecule has 0 spiro atoms. The maximum absolute atomic E-state index is 6.66. The molecular formula is C38H52OSi. The molecule has 1 aliphatic rings. The third kappa shape index (κ3) is 5.37. The molecule has 3 aromatic rings. The summed E-state index contributed by atoms with van der Waals surface area (Å²) in [7, 11) is -2.23. The summed E-state index contributed by atoms with van der Waals surface area (Å²) in [6.45, 7) is 32.7. The zero-order valence-electron chi connectivity index (χ0n) is 27.3. The van der Waals surface area contributed by atoms with Crippen LogP contribution < -0.4 is 9.92 Å². The Morgan fingerprint density at radius 2 is 1.27 bits per heavy atom. The van der Waals surface area contributed by atoms with Crippen molar-refractivity contribution in [2.24, 2.45) is 0 Å². The molecule has 0 saturated heterocycles. The normalized spacial score (nSPS) is 15.4. The summed E-state index contributed by atoms with van der Waals surface area (Å²) in [6.07, 6.45) is 1.88. The van der Waals surface area contributed by atoms with E-state index in [9.17, 15) is 0 Å². The lowest BCUT2D eigenvalue weighted by Gasteiger charge is -2.38. The van der Waals surface area contributed by atoms with Crippen LogP contribution in [0.2, 0.25) is 12.6 Å². The van der Waals surface area contributed by atoms with Crippen LogP contribution in [-0.2, 0) is 16.2 Å². The van der Waals surface area contributed by atoms with Gasteiger partial charge in [-0.3, -0.25) is 0 Å². The second-order valence-electron chi connectivity index (χ2n) is 15.3. The predicted molar refractivity (Wildman–Crippen MR) is 178 cm³/mol. The first-order valence-electron chi connectivity index (χ1n) is 15.1. The average molecular weight is 553 g/mol. The van der Waals surface area contributed by atoms with Crippen LogP contribution in [0.1, 0.15) is 108 Å². The third-order valence-corrected chi connectivity index (χ3v) is 14.1. The highest BCUT2D eigenvalue weighted by Gasteiger charge is 2.47. The molecule has 3 aromatic carbocycles. The maximum Gasteiger partial charge on any atom is 0.122 e. The minimum Gasteiger partial charge on any atom is -0.489 e. The molecule has 0 saturated carbocycles. The van der Waals surface area contributed by atoms with Gasteiger partial charge in [0.25, 0.3) is 0 Å². The highest BCUT2D eigenvalue weighted by Crippen LogP contribution is 2.52. The van der Waals surface area contributed by atoms with Gasteiger partial charge in [0.15, 0.2) is 0 Å². The van der Waals surface area contributed by atoms with Crippen molar-refractivity contribution in [1.29, 1.82) is 0 Å². The molecule has 1 unspecified atom stereocenters. The molecule has 1 nitrogen and oxygen atoms in total. The summed E-state index contributed by atoms with van der Waals surface area (Å²) in [6, 6.07) is 20.6. The van der Waals surface area contributed by atoms with Crippen LogP contribution in [0.5, 0.6) is 5.75 Å². The standard InChI is InChI=1S/C38H52OSi/c1-14-20-39-34-32(38(10,11)12)21-25(3)22-33(34)40(13,15-2)35-30-23-26(36(4,5)6)16-18-28(30)29-19-17-27(24-31(29)35)37(7,8)9/h14,16-19,21-24,35H,1,15,20H2,2-13H3. The number of aryl methyl sites for hydroxylation is 1. The molecule has 0 bridgehead atoms. The topological polar surface area (TPSA) is 9.23 Å². The first kappa shape index (κ1) is 30.4. The fourth-order valence-electron chi connectivity index (χ4n) is 6.48. The first-order valence-corrected chi connectivity index (χ1v) is 17.9. The van der Waals surface area contributed by atoms with Crippen molar-refractivity contribution in [2.45, 2.75) is 111 Å². The van der Waals surface area contributed by atoms with E-state index in [0.717, 1.165) is 11.8 Å². The second-order valence-corrected chi connectivity index (χ2v) is 20.0. The predicted octanol–water partition coefficient (Wildman–Crippen LogP) is 10.1. The Labute approximate surface area is 246 Å². The molecule has 1 atom stereocenters. The van der Waals surface area contributed by atoms with E-state index in [-0.39, 0.29) is 16.2 Å². The van der Waals surface area contributed by atoms with Crippen molar-refractivity contribution >= 4 is 13.3 Å². The van der Waals surface area contributed by atoms with E-state index in [1.807, 2.05) is 6.08 Å². The van der Waals surface area contributed by atoms with Crippen LogP contribution in [0.3, 0.4) is 0 Å². The smallest absolute Gasteiger partial charge is 0.122 e. The molecule has 0 fully saturated rings. The third-order valence-electron chi connectivity index (χ3n) is 9.12. The zero-order valence-corrected chi connectivity index (χ0v) is 28.3. The highest BCUT2D eigenvalue weighted by atomic mass is 28.3. The summed E-state index contributed by atoms with van der Waals surface area (Å²) in [5.41, 5.74) is 11.8. The fourth-order valence-corrected chi connectivity index (χ4v) is 10.7. The van der Waals surface area contributed by atoms with Gasteiger partial charge >= 0.3 is 0 Å². The molecule has 1 aliphatic carbocycles. The molecular weight excluding hydrogens is 501 g/mol. The number of hydrogen-bond donors (Lipinski definition) is 0. The van der Waals surface area contributed by atoms with Gasteiger partial charge in [-0.1, -0.05) is 149 Å². The Morgan fingerprint density at radius 1 is 0.775 bits per heavy atom. The van der Waals surface area contributed by atoms with Crippen LogP contribution >= 0.6 is 0 Å². The summed E-state index contributed by atoms with van der Waals surface area (Å²) in [5.74, 6) is 1.10. The molecule has 4 rings (SSSR count). The zero-order chi connectivity index (χ0) is 29.8. The number of hydrogen-bond acceptors (Lipinski definition) is 1. The van der Waals surface area contributed by atoms with Gasteiger partial charge in [0.2, 0.25) is 0 Å². The Bertz CT molecular complexity index is 1360. The van der Waals surface area contributed by atoms with Gasteiger partial charge in [-0.05, 0) is 67.3 Å². The average Bonchev–Trinajstić information content (AvgIpc) is 3.19. The van der Waals surface area contributed by atoms with E-state index >= 15 is 0 Å². The summed E-state index contributed by atoms with van der Waals surface area (Å²) < 4.78 is 6.66. The van der Waals surface area contributed by atoms with Crippen molar-refractivity contribution in [3.8, 4) is 16.9 Å². The molecule has 0 aliphatic heterocycles. The molecule has 0 amide bonds. The van der Waals surface area contributed by atoms with Crippen molar-refractivity contribution < 1.29 is 4.74 Å². The first-order chi connectivity index (χ1) is 18.4. The lowest BCUT2D eigenvalue weighted by Crippen LogP contribution is -2.51. The molecule has 0 heterocycles. The Balaban J connectivity index is 2.10. The molecule has 2 heteroatoms. The molecule has 0 aromatic heterocycles. The van der Waals surface area contributed by atoms with Gasteiger partial charge in [-0.25, -0.2) is 0 Å². The Hall–Kier alpha value is -2.58. The largest absolute Gasteiger partial charge is 0.489 e.